The van der Waals surface area contributed by atoms with Crippen LogP contribution in [0.5, 0.6) is 0 Å². The molecule has 1 aromatic heterocycles. The number of hydrogen-bond acceptors (Lipinski definition) is 3. The summed E-state index contributed by atoms with van der Waals surface area (Å²) in [5.41, 5.74) is 1.03. The van der Waals surface area contributed by atoms with Crippen molar-refractivity contribution >= 4 is 11.3 Å². The number of ether oxygens (including phenoxy) is 1. The van der Waals surface area contributed by atoms with Gasteiger partial charge in [0.2, 0.25) is 0 Å². The standard InChI is InChI=1S/C16H24O2S/c1-2-3-4-5-8-11-18-13-16-12-15(14-19-16)9-6-7-10-17/h12,14,17H,2-5,7-8,10-11,13H2,1H3. The molecule has 0 spiro atoms. The molecule has 1 rings (SSSR count). The molecule has 2 nitrogen and oxygen atoms in total. The van der Waals surface area contributed by atoms with Crippen LogP contribution in [0.4, 0.5) is 0 Å². The average molecular weight is 280 g/mol. The van der Waals surface area contributed by atoms with E-state index in [0.29, 0.717) is 13.0 Å². The second kappa shape index (κ2) is 11.0. The van der Waals surface area contributed by atoms with Crippen molar-refractivity contribution in [3.63, 3.8) is 0 Å². The van der Waals surface area contributed by atoms with Crippen LogP contribution in [0.25, 0.3) is 0 Å². The zero-order chi connectivity index (χ0) is 13.8. The van der Waals surface area contributed by atoms with Crippen LogP contribution in [-0.4, -0.2) is 18.3 Å². The van der Waals surface area contributed by atoms with Crippen molar-refractivity contribution in [2.24, 2.45) is 0 Å². The smallest absolute Gasteiger partial charge is 0.0809 e. The van der Waals surface area contributed by atoms with Crippen molar-refractivity contribution < 1.29 is 9.84 Å². The summed E-state index contributed by atoms with van der Waals surface area (Å²) in [6.45, 7) is 3.91. The van der Waals surface area contributed by atoms with Crippen LogP contribution in [0.1, 0.15) is 55.9 Å². The molecule has 0 saturated carbocycles. The molecule has 0 aliphatic rings. The van der Waals surface area contributed by atoms with E-state index in [1.165, 1.54) is 30.6 Å². The minimum absolute atomic E-state index is 0.130. The van der Waals surface area contributed by atoms with Crippen molar-refractivity contribution in [2.45, 2.75) is 52.1 Å². The van der Waals surface area contributed by atoms with Crippen molar-refractivity contribution in [3.8, 4) is 11.8 Å². The van der Waals surface area contributed by atoms with E-state index in [0.717, 1.165) is 18.6 Å². The average Bonchev–Trinajstić information content (AvgIpc) is 2.86. The molecule has 0 unspecified atom stereocenters. The molecule has 3 heteroatoms. The Kier molecular flexibility index (Phi) is 9.44. The van der Waals surface area contributed by atoms with E-state index in [9.17, 15) is 0 Å². The summed E-state index contributed by atoms with van der Waals surface area (Å²) in [4.78, 5) is 1.22. The van der Waals surface area contributed by atoms with Gasteiger partial charge in [0.1, 0.15) is 0 Å². The van der Waals surface area contributed by atoms with Crippen molar-refractivity contribution in [1.29, 1.82) is 0 Å². The van der Waals surface area contributed by atoms with E-state index in [1.54, 1.807) is 11.3 Å². The highest BCUT2D eigenvalue weighted by Crippen LogP contribution is 2.15. The van der Waals surface area contributed by atoms with E-state index in [4.69, 9.17) is 9.84 Å². The van der Waals surface area contributed by atoms with E-state index in [-0.39, 0.29) is 6.61 Å². The first-order valence-electron chi connectivity index (χ1n) is 7.11. The molecular weight excluding hydrogens is 256 g/mol. The monoisotopic (exact) mass is 280 g/mol. The Morgan fingerprint density at radius 3 is 2.89 bits per heavy atom. The van der Waals surface area contributed by atoms with Crippen molar-refractivity contribution in [2.75, 3.05) is 13.2 Å². The predicted octanol–water partition coefficient (Wildman–Crippen LogP) is 3.97. The lowest BCUT2D eigenvalue weighted by molar-refractivity contribution is 0.119. The topological polar surface area (TPSA) is 29.5 Å². The van der Waals surface area contributed by atoms with Crippen LogP contribution in [0, 0.1) is 11.8 Å². The Morgan fingerprint density at radius 2 is 2.11 bits per heavy atom. The maximum atomic E-state index is 8.65. The summed E-state index contributed by atoms with van der Waals surface area (Å²) >= 11 is 1.69. The van der Waals surface area contributed by atoms with Crippen LogP contribution in [0.15, 0.2) is 11.4 Å². The van der Waals surface area contributed by atoms with Crippen molar-refractivity contribution in [1.82, 2.24) is 0 Å². The Bertz CT molecular complexity index is 387. The zero-order valence-electron chi connectivity index (χ0n) is 11.8. The SMILES string of the molecule is CCCCCCCOCc1cc(C#CCCO)cs1. The molecule has 0 aliphatic heterocycles. The van der Waals surface area contributed by atoms with Gasteiger partial charge in [-0.1, -0.05) is 44.4 Å². The first-order chi connectivity index (χ1) is 9.36. The lowest BCUT2D eigenvalue weighted by Gasteiger charge is -2.02. The molecule has 0 fully saturated rings. The summed E-state index contributed by atoms with van der Waals surface area (Å²) in [5.74, 6) is 5.96. The summed E-state index contributed by atoms with van der Waals surface area (Å²) < 4.78 is 5.66. The molecule has 0 radical (unpaired) electrons. The highest BCUT2D eigenvalue weighted by atomic mass is 32.1. The number of hydrogen-bond donors (Lipinski definition) is 1. The fraction of sp³-hybridized carbons (Fsp3) is 0.625. The van der Waals surface area contributed by atoms with Gasteiger partial charge in [-0.2, -0.15) is 0 Å². The third-order valence-corrected chi connectivity index (χ3v) is 3.67. The van der Waals surface area contributed by atoms with Crippen LogP contribution < -0.4 is 0 Å². The van der Waals surface area contributed by atoms with Gasteiger partial charge in [0.25, 0.3) is 0 Å². The third kappa shape index (κ3) is 8.05. The molecule has 0 amide bonds. The Hall–Kier alpha value is -0.820. The minimum Gasteiger partial charge on any atom is -0.395 e. The highest BCUT2D eigenvalue weighted by molar-refractivity contribution is 7.10. The van der Waals surface area contributed by atoms with Crippen LogP contribution >= 0.6 is 11.3 Å². The quantitative estimate of drug-likeness (QED) is 0.548. The number of aliphatic hydroxyl groups is 1. The summed E-state index contributed by atoms with van der Waals surface area (Å²) in [6.07, 6.45) is 6.92. The fourth-order valence-corrected chi connectivity index (χ4v) is 2.47. The molecular formula is C16H24O2S. The third-order valence-electron chi connectivity index (χ3n) is 2.76. The van der Waals surface area contributed by atoms with Gasteiger partial charge in [-0.25, -0.2) is 0 Å². The molecule has 0 bridgehead atoms. The molecule has 0 aromatic carbocycles. The molecule has 0 saturated heterocycles. The zero-order valence-corrected chi connectivity index (χ0v) is 12.6. The molecule has 1 aromatic rings. The second-order valence-electron chi connectivity index (χ2n) is 4.54. The van der Waals surface area contributed by atoms with Gasteiger partial charge in [0.05, 0.1) is 13.2 Å². The summed E-state index contributed by atoms with van der Waals surface area (Å²) in [6, 6.07) is 2.08. The molecule has 106 valence electrons. The maximum absolute atomic E-state index is 8.65. The Morgan fingerprint density at radius 1 is 1.26 bits per heavy atom. The van der Waals surface area contributed by atoms with Crippen LogP contribution in [0.3, 0.4) is 0 Å². The van der Waals surface area contributed by atoms with Gasteiger partial charge in [0, 0.05) is 28.8 Å². The van der Waals surface area contributed by atoms with Crippen molar-refractivity contribution in [3.05, 3.63) is 21.9 Å². The van der Waals surface area contributed by atoms with E-state index in [1.807, 2.05) is 5.38 Å². The molecule has 1 N–H and O–H groups in total. The fourth-order valence-electron chi connectivity index (χ4n) is 1.72. The van der Waals surface area contributed by atoms with Gasteiger partial charge in [-0.15, -0.1) is 11.3 Å². The molecule has 0 atom stereocenters. The van der Waals surface area contributed by atoms with Crippen LogP contribution in [-0.2, 0) is 11.3 Å². The lowest BCUT2D eigenvalue weighted by atomic mass is 10.2. The number of aliphatic hydroxyl groups excluding tert-OH is 1. The van der Waals surface area contributed by atoms with E-state index in [2.05, 4.69) is 24.8 Å². The minimum atomic E-state index is 0.130. The molecule has 19 heavy (non-hydrogen) atoms. The maximum Gasteiger partial charge on any atom is 0.0809 e. The number of rotatable bonds is 9. The number of thiophene rings is 1. The predicted molar refractivity (Wildman–Crippen MR) is 81.3 cm³/mol. The largest absolute Gasteiger partial charge is 0.395 e. The highest BCUT2D eigenvalue weighted by Gasteiger charge is 1.98. The first kappa shape index (κ1) is 16.2. The molecule has 1 heterocycles. The molecule has 0 aliphatic carbocycles. The number of unbranched alkanes of at least 4 members (excludes halogenated alkanes) is 4. The summed E-state index contributed by atoms with van der Waals surface area (Å²) in [7, 11) is 0. The van der Waals surface area contributed by atoms with Gasteiger partial charge in [0.15, 0.2) is 0 Å². The van der Waals surface area contributed by atoms with Gasteiger partial charge in [-0.05, 0) is 12.5 Å². The summed E-state index contributed by atoms with van der Waals surface area (Å²) in [5, 5.41) is 10.7. The Labute approximate surface area is 120 Å². The van der Waals surface area contributed by atoms with Gasteiger partial charge >= 0.3 is 0 Å². The van der Waals surface area contributed by atoms with E-state index < -0.39 is 0 Å². The first-order valence-corrected chi connectivity index (χ1v) is 7.99. The van der Waals surface area contributed by atoms with Crippen LogP contribution in [0.2, 0.25) is 0 Å². The second-order valence-corrected chi connectivity index (χ2v) is 5.54. The Balaban J connectivity index is 2.11. The van der Waals surface area contributed by atoms with E-state index >= 15 is 0 Å². The van der Waals surface area contributed by atoms with Gasteiger partial charge in [-0.3, -0.25) is 0 Å². The normalized spacial score (nSPS) is 10.2. The van der Waals surface area contributed by atoms with Gasteiger partial charge < -0.3 is 9.84 Å². The lowest BCUT2D eigenvalue weighted by Crippen LogP contribution is -1.93.